The van der Waals surface area contributed by atoms with Crippen molar-refractivity contribution in [3.63, 3.8) is 0 Å². The van der Waals surface area contributed by atoms with Crippen LogP contribution in [0.25, 0.3) is 22.6 Å². The van der Waals surface area contributed by atoms with Crippen LogP contribution in [0.5, 0.6) is 5.75 Å². The van der Waals surface area contributed by atoms with Gasteiger partial charge in [0, 0.05) is 44.5 Å². The number of carbonyl (C=O) groups is 2. The number of nitrogens with zero attached hydrogens (tertiary/aromatic N) is 9. The molecule has 19 heteroatoms. The van der Waals surface area contributed by atoms with E-state index in [1.807, 2.05) is 28.8 Å². The molecule has 304 valence electrons. The lowest BCUT2D eigenvalue weighted by molar-refractivity contribution is -0.137. The van der Waals surface area contributed by atoms with E-state index in [9.17, 15) is 32.7 Å². The molecule has 15 nitrogen and oxygen atoms in total. The van der Waals surface area contributed by atoms with Gasteiger partial charge in [0.1, 0.15) is 18.0 Å². The fourth-order valence-electron chi connectivity index (χ4n) is 7.33. The lowest BCUT2D eigenvalue weighted by atomic mass is 10.1. The molecule has 0 spiro atoms. The van der Waals surface area contributed by atoms with Gasteiger partial charge in [-0.1, -0.05) is 24.6 Å². The molecule has 58 heavy (non-hydrogen) atoms. The van der Waals surface area contributed by atoms with Crippen LogP contribution >= 0.6 is 11.6 Å². The highest BCUT2D eigenvalue weighted by Crippen LogP contribution is 2.35. The number of rotatable bonds is 10. The van der Waals surface area contributed by atoms with Crippen molar-refractivity contribution in [2.75, 3.05) is 49.6 Å². The molecular weight excluding hydrogens is 781 g/mol. The van der Waals surface area contributed by atoms with Gasteiger partial charge in [0.15, 0.2) is 11.5 Å². The summed E-state index contributed by atoms with van der Waals surface area (Å²) in [7, 11) is 0. The minimum Gasteiger partial charge on any atom is -0.505 e. The number of halogens is 4. The Morgan fingerprint density at radius 1 is 1.10 bits per heavy atom. The van der Waals surface area contributed by atoms with E-state index in [1.165, 1.54) is 12.8 Å². The van der Waals surface area contributed by atoms with Gasteiger partial charge in [-0.2, -0.15) is 27.8 Å². The molecule has 4 aromatic heterocycles. The van der Waals surface area contributed by atoms with Crippen molar-refractivity contribution >= 4 is 46.1 Å². The van der Waals surface area contributed by atoms with Crippen LogP contribution in [0.4, 0.5) is 24.5 Å². The van der Waals surface area contributed by atoms with Gasteiger partial charge in [-0.05, 0) is 73.9 Å². The van der Waals surface area contributed by atoms with E-state index in [0.717, 1.165) is 40.4 Å². The van der Waals surface area contributed by atoms with E-state index in [-0.39, 0.29) is 72.8 Å². The molecule has 1 saturated carbocycles. The number of pyridine rings is 1. The van der Waals surface area contributed by atoms with E-state index < -0.39 is 29.1 Å². The van der Waals surface area contributed by atoms with Crippen LogP contribution in [0, 0.1) is 12.8 Å². The Hall–Kier alpha value is -5.75. The molecule has 1 aliphatic carbocycles. The molecule has 6 heterocycles. The first kappa shape index (κ1) is 39.1. The average molecular weight is 821 g/mol. The molecule has 0 radical (unpaired) electrons. The van der Waals surface area contributed by atoms with Crippen molar-refractivity contribution in [2.45, 2.75) is 58.8 Å². The van der Waals surface area contributed by atoms with Crippen LogP contribution in [0.2, 0.25) is 5.02 Å². The zero-order valence-electron chi connectivity index (χ0n) is 31.7. The quantitative estimate of drug-likeness (QED) is 0.191. The van der Waals surface area contributed by atoms with Crippen LogP contribution in [0.1, 0.15) is 59.3 Å². The van der Waals surface area contributed by atoms with Crippen molar-refractivity contribution in [3.05, 3.63) is 86.5 Å². The largest absolute Gasteiger partial charge is 0.505 e. The van der Waals surface area contributed by atoms with Gasteiger partial charge in [0.25, 0.3) is 11.5 Å². The Morgan fingerprint density at radius 2 is 1.88 bits per heavy atom. The van der Waals surface area contributed by atoms with Gasteiger partial charge < -0.3 is 29.5 Å². The fraction of sp³-hybridized carbons (Fsp3) is 0.410. The molecule has 2 amide bonds. The number of piperazine rings is 1. The number of nitrogens with one attached hydrogen (secondary N) is 1. The highest BCUT2D eigenvalue weighted by molar-refractivity contribution is 6.33. The van der Waals surface area contributed by atoms with Gasteiger partial charge >= 0.3 is 6.18 Å². The molecule has 2 aliphatic heterocycles. The normalized spacial score (nSPS) is 16.2. The number of aromatic hydroxyl groups is 1. The summed E-state index contributed by atoms with van der Waals surface area (Å²) in [5.41, 5.74) is 1.75. The van der Waals surface area contributed by atoms with Crippen LogP contribution in [-0.4, -0.2) is 95.1 Å². The molecule has 0 bridgehead atoms. The smallest absolute Gasteiger partial charge is 0.416 e. The number of alkyl halides is 3. The standard InChI is InChI=1S/C39H40ClF3N10O5/c1-3-30-33(49-10-12-50(13-11-49)36(56)32-34(55)22(2)16-29(46-32)25-18-44-51(20-25)19-23-4-5-23)37(57)53-38(47-35(48-53)24-8-14-58-15-9-24)52(30)21-31(54)45-28-7-6-26(17-27(28)40)39(41,42)43/h6-8,16-18,20,23,55H,3-5,9-15,19,21H2,1-2H3,(H,45,54). The van der Waals surface area contributed by atoms with E-state index in [0.29, 0.717) is 48.3 Å². The van der Waals surface area contributed by atoms with E-state index in [4.69, 9.17) is 21.3 Å². The van der Waals surface area contributed by atoms with Gasteiger partial charge in [-0.3, -0.25) is 19.1 Å². The number of aryl methyl sites for hydroxylation is 1. The minimum atomic E-state index is -4.62. The molecule has 3 aliphatic rings. The number of aromatic nitrogens is 7. The number of anilines is 2. The molecule has 0 unspecified atom stereocenters. The maximum absolute atomic E-state index is 14.4. The molecular formula is C39H40ClF3N10O5. The van der Waals surface area contributed by atoms with E-state index >= 15 is 0 Å². The summed E-state index contributed by atoms with van der Waals surface area (Å²) in [5.74, 6) is -0.265. The zero-order valence-corrected chi connectivity index (χ0v) is 32.5. The summed E-state index contributed by atoms with van der Waals surface area (Å²) < 4.78 is 49.9. The highest BCUT2D eigenvalue weighted by Gasteiger charge is 2.33. The molecule has 8 rings (SSSR count). The van der Waals surface area contributed by atoms with Crippen LogP contribution in [0.3, 0.4) is 0 Å². The molecule has 2 fully saturated rings. The number of amides is 2. The Morgan fingerprint density at radius 3 is 2.55 bits per heavy atom. The Bertz CT molecular complexity index is 2520. The third-order valence-corrected chi connectivity index (χ3v) is 10.9. The van der Waals surface area contributed by atoms with Gasteiger partial charge in [0.2, 0.25) is 11.7 Å². The summed E-state index contributed by atoms with van der Waals surface area (Å²) in [5, 5.41) is 22.3. The van der Waals surface area contributed by atoms with Gasteiger partial charge in [0.05, 0.1) is 47.1 Å². The third-order valence-electron chi connectivity index (χ3n) is 10.6. The summed E-state index contributed by atoms with van der Waals surface area (Å²) in [6.07, 6.45) is 3.97. The number of hydrogen-bond donors (Lipinski definition) is 2. The van der Waals surface area contributed by atoms with Gasteiger partial charge in [-0.15, -0.1) is 5.10 Å². The highest BCUT2D eigenvalue weighted by atomic mass is 35.5. The van der Waals surface area contributed by atoms with Crippen molar-refractivity contribution in [1.29, 1.82) is 0 Å². The monoisotopic (exact) mass is 820 g/mol. The Balaban J connectivity index is 1.08. The average Bonchev–Trinajstić information content (AvgIpc) is 3.70. The maximum atomic E-state index is 14.4. The second-order valence-corrected chi connectivity index (χ2v) is 15.1. The number of fused-ring (bicyclic) bond motifs is 1. The summed E-state index contributed by atoms with van der Waals surface area (Å²) in [4.78, 5) is 54.6. The Labute approximate surface area is 334 Å². The predicted octanol–water partition coefficient (Wildman–Crippen LogP) is 5.21. The lowest BCUT2D eigenvalue weighted by Crippen LogP contribution is -2.51. The summed E-state index contributed by atoms with van der Waals surface area (Å²) in [6, 6.07) is 4.37. The number of carbonyl (C=O) groups excluding carboxylic acids is 2. The minimum absolute atomic E-state index is 0.0183. The second kappa shape index (κ2) is 15.5. The molecule has 1 saturated heterocycles. The molecule has 0 atom stereocenters. The predicted molar refractivity (Wildman–Crippen MR) is 208 cm³/mol. The van der Waals surface area contributed by atoms with Crippen molar-refractivity contribution in [2.24, 2.45) is 5.92 Å². The summed E-state index contributed by atoms with van der Waals surface area (Å²) in [6.45, 7) is 5.60. The number of benzene rings is 1. The number of hydrogen-bond acceptors (Lipinski definition) is 10. The second-order valence-electron chi connectivity index (χ2n) is 14.7. The van der Waals surface area contributed by atoms with Crippen LogP contribution in [0.15, 0.2) is 47.5 Å². The topological polar surface area (TPSA) is 165 Å². The van der Waals surface area contributed by atoms with Crippen LogP contribution < -0.4 is 15.8 Å². The first-order chi connectivity index (χ1) is 27.8. The van der Waals surface area contributed by atoms with E-state index in [2.05, 4.69) is 20.5 Å². The SMILES string of the molecule is CCc1c(N2CCN(C(=O)c3nc(-c4cnn(CC5CC5)c4)cc(C)c3O)CC2)c(=O)n2nc(C3=CCOCC3)nc2n1CC(=O)Nc1ccc(C(F)(F)F)cc1Cl. The number of ether oxygens (including phenoxy) is 1. The van der Waals surface area contributed by atoms with Crippen LogP contribution in [-0.2, 0) is 35.2 Å². The van der Waals surface area contributed by atoms with E-state index in [1.54, 1.807) is 28.7 Å². The van der Waals surface area contributed by atoms with Gasteiger partial charge in [-0.25, -0.2) is 4.98 Å². The molecule has 2 N–H and O–H groups in total. The third kappa shape index (κ3) is 7.77. The fourth-order valence-corrected chi connectivity index (χ4v) is 7.56. The van der Waals surface area contributed by atoms with Crippen molar-refractivity contribution < 1.29 is 32.6 Å². The maximum Gasteiger partial charge on any atom is 0.416 e. The Kier molecular flexibility index (Phi) is 10.5. The zero-order chi connectivity index (χ0) is 40.9. The lowest BCUT2D eigenvalue weighted by Gasteiger charge is -2.36. The molecule has 1 aromatic carbocycles. The first-order valence-electron chi connectivity index (χ1n) is 19.0. The summed E-state index contributed by atoms with van der Waals surface area (Å²) >= 11 is 6.15. The van der Waals surface area contributed by atoms with Crippen molar-refractivity contribution in [3.8, 4) is 17.0 Å². The van der Waals surface area contributed by atoms with Crippen molar-refractivity contribution in [1.82, 2.24) is 38.8 Å². The molecule has 5 aromatic rings. The first-order valence-corrected chi connectivity index (χ1v) is 19.4.